The normalized spacial score (nSPS) is 14.2. The summed E-state index contributed by atoms with van der Waals surface area (Å²) in [5.74, 6) is 0.504. The number of nitro groups is 1. The second kappa shape index (κ2) is 6.78. The number of aliphatic hydroxyl groups is 2. The molecule has 0 radical (unpaired) electrons. The molecule has 0 aliphatic rings. The molecule has 0 saturated carbocycles. The van der Waals surface area contributed by atoms with Crippen molar-refractivity contribution in [3.63, 3.8) is 0 Å². The second-order valence-electron chi connectivity index (χ2n) is 4.34. The summed E-state index contributed by atoms with van der Waals surface area (Å²) in [6.07, 6.45) is 1.83. The second-order valence-corrected chi connectivity index (χ2v) is 4.34. The summed E-state index contributed by atoms with van der Waals surface area (Å²) in [5.41, 5.74) is 0.377. The first kappa shape index (κ1) is 14.9. The van der Waals surface area contributed by atoms with Crippen LogP contribution in [0.5, 0.6) is 0 Å². The highest BCUT2D eigenvalue weighted by Crippen LogP contribution is 2.22. The first-order valence-corrected chi connectivity index (χ1v) is 6.22. The topological polar surface area (TPSA) is 109 Å². The molecule has 0 aliphatic heterocycles. The Morgan fingerprint density at radius 1 is 1.33 bits per heavy atom. The Hall–Kier alpha value is -2.51. The van der Waals surface area contributed by atoms with Crippen molar-refractivity contribution in [2.24, 2.45) is 4.99 Å². The lowest BCUT2D eigenvalue weighted by Gasteiger charge is -2.17. The molecule has 0 spiro atoms. The number of rotatable bonds is 6. The summed E-state index contributed by atoms with van der Waals surface area (Å²) in [6.45, 7) is -0.366. The van der Waals surface area contributed by atoms with Gasteiger partial charge in [-0.3, -0.25) is 15.1 Å². The zero-order valence-electron chi connectivity index (χ0n) is 11.0. The van der Waals surface area contributed by atoms with E-state index in [9.17, 15) is 20.3 Å². The molecule has 2 N–H and O–H groups in total. The van der Waals surface area contributed by atoms with E-state index >= 15 is 0 Å². The lowest BCUT2D eigenvalue weighted by Crippen LogP contribution is -2.21. The van der Waals surface area contributed by atoms with Gasteiger partial charge in [-0.2, -0.15) is 0 Å². The molecule has 0 unspecified atom stereocenters. The van der Waals surface area contributed by atoms with Crippen molar-refractivity contribution in [2.75, 3.05) is 6.61 Å². The van der Waals surface area contributed by atoms with Gasteiger partial charge < -0.3 is 14.6 Å². The molecule has 2 rings (SSSR count). The molecule has 1 aromatic carbocycles. The molecule has 110 valence electrons. The Kier molecular flexibility index (Phi) is 4.81. The monoisotopic (exact) mass is 290 g/mol. The molecule has 0 saturated heterocycles. The number of hydrogen-bond acceptors (Lipinski definition) is 6. The fourth-order valence-electron chi connectivity index (χ4n) is 1.78. The molecule has 7 nitrogen and oxygen atoms in total. The van der Waals surface area contributed by atoms with Crippen LogP contribution in [0.1, 0.15) is 17.4 Å². The Labute approximate surface area is 120 Å². The lowest BCUT2D eigenvalue weighted by molar-refractivity contribution is -0.384. The van der Waals surface area contributed by atoms with E-state index in [2.05, 4.69) is 4.99 Å². The Balaban J connectivity index is 2.12. The van der Waals surface area contributed by atoms with Gasteiger partial charge in [0.25, 0.3) is 5.69 Å². The predicted octanol–water partition coefficient (Wildman–Crippen LogP) is 1.70. The number of nitrogens with zero attached hydrogens (tertiary/aromatic N) is 2. The van der Waals surface area contributed by atoms with Gasteiger partial charge in [0.15, 0.2) is 0 Å². The molecule has 0 bridgehead atoms. The molecular formula is C14H14N2O5. The molecule has 1 heterocycles. The van der Waals surface area contributed by atoms with E-state index in [0.717, 1.165) is 0 Å². The molecule has 2 atom stereocenters. The SMILES string of the molecule is O=[N+]([O-])c1ccc([C@H](O)[C@H](CO)N=Cc2ccco2)cc1. The lowest BCUT2D eigenvalue weighted by atomic mass is 10.0. The summed E-state index contributed by atoms with van der Waals surface area (Å²) >= 11 is 0. The van der Waals surface area contributed by atoms with Gasteiger partial charge in [0.05, 0.1) is 24.0 Å². The predicted molar refractivity (Wildman–Crippen MR) is 75.2 cm³/mol. The number of furan rings is 1. The van der Waals surface area contributed by atoms with Crippen LogP contribution in [0.2, 0.25) is 0 Å². The molecular weight excluding hydrogens is 276 g/mol. The average molecular weight is 290 g/mol. The Morgan fingerprint density at radius 2 is 2.05 bits per heavy atom. The van der Waals surface area contributed by atoms with E-state index in [-0.39, 0.29) is 12.3 Å². The van der Waals surface area contributed by atoms with Crippen LogP contribution in [0.15, 0.2) is 52.1 Å². The first-order chi connectivity index (χ1) is 10.1. The minimum absolute atomic E-state index is 0.0643. The maximum Gasteiger partial charge on any atom is 0.269 e. The van der Waals surface area contributed by atoms with Crippen LogP contribution in [0.4, 0.5) is 5.69 Å². The minimum atomic E-state index is -1.07. The number of aliphatic hydroxyl groups excluding tert-OH is 2. The number of non-ortho nitro benzene ring substituents is 1. The van der Waals surface area contributed by atoms with Crippen LogP contribution in [-0.4, -0.2) is 34.0 Å². The first-order valence-electron chi connectivity index (χ1n) is 6.22. The quantitative estimate of drug-likeness (QED) is 0.478. The highest BCUT2D eigenvalue weighted by Gasteiger charge is 2.20. The van der Waals surface area contributed by atoms with Gasteiger partial charge in [-0.1, -0.05) is 0 Å². The number of hydrogen-bond donors (Lipinski definition) is 2. The van der Waals surface area contributed by atoms with E-state index in [0.29, 0.717) is 11.3 Å². The third-order valence-corrected chi connectivity index (χ3v) is 2.93. The third-order valence-electron chi connectivity index (χ3n) is 2.93. The summed E-state index contributed by atoms with van der Waals surface area (Å²) in [4.78, 5) is 14.1. The van der Waals surface area contributed by atoms with Crippen LogP contribution >= 0.6 is 0 Å². The van der Waals surface area contributed by atoms with Crippen molar-refractivity contribution in [3.8, 4) is 0 Å². The molecule has 21 heavy (non-hydrogen) atoms. The highest BCUT2D eigenvalue weighted by atomic mass is 16.6. The third kappa shape index (κ3) is 3.74. The summed E-state index contributed by atoms with van der Waals surface area (Å²) < 4.78 is 5.07. The van der Waals surface area contributed by atoms with Crippen molar-refractivity contribution < 1.29 is 19.6 Å². The molecule has 1 aromatic heterocycles. The smallest absolute Gasteiger partial charge is 0.269 e. The van der Waals surface area contributed by atoms with Gasteiger partial charge in [0.1, 0.15) is 17.9 Å². The standard InChI is InChI=1S/C14H14N2O5/c17-9-13(15-8-12-2-1-7-21-12)14(18)10-3-5-11(6-4-10)16(19)20/h1-8,13-14,17-18H,9H2/t13-,14-/m0/s1. The van der Waals surface area contributed by atoms with Crippen molar-refractivity contribution in [2.45, 2.75) is 12.1 Å². The van der Waals surface area contributed by atoms with Gasteiger partial charge in [0.2, 0.25) is 0 Å². The van der Waals surface area contributed by atoms with E-state index < -0.39 is 17.1 Å². The van der Waals surface area contributed by atoms with Gasteiger partial charge in [-0.15, -0.1) is 0 Å². The van der Waals surface area contributed by atoms with Gasteiger partial charge in [-0.25, -0.2) is 0 Å². The molecule has 0 aliphatic carbocycles. The summed E-state index contributed by atoms with van der Waals surface area (Å²) in [6, 6.07) is 8.07. The highest BCUT2D eigenvalue weighted by molar-refractivity contribution is 5.75. The zero-order valence-corrected chi connectivity index (χ0v) is 11.0. The largest absolute Gasteiger partial charge is 0.463 e. The maximum absolute atomic E-state index is 10.6. The minimum Gasteiger partial charge on any atom is -0.463 e. The van der Waals surface area contributed by atoms with Crippen molar-refractivity contribution >= 4 is 11.9 Å². The maximum atomic E-state index is 10.6. The van der Waals surface area contributed by atoms with E-state index in [1.165, 1.54) is 36.7 Å². The zero-order chi connectivity index (χ0) is 15.2. The summed E-state index contributed by atoms with van der Waals surface area (Å²) in [7, 11) is 0. The van der Waals surface area contributed by atoms with Crippen LogP contribution < -0.4 is 0 Å². The number of benzene rings is 1. The number of nitro benzene ring substituents is 1. The number of aliphatic imine (C=N–C) groups is 1. The fraction of sp³-hybridized carbons (Fsp3) is 0.214. The fourth-order valence-corrected chi connectivity index (χ4v) is 1.78. The average Bonchev–Trinajstić information content (AvgIpc) is 3.01. The van der Waals surface area contributed by atoms with Crippen LogP contribution in [-0.2, 0) is 0 Å². The molecule has 7 heteroatoms. The van der Waals surface area contributed by atoms with Crippen molar-refractivity contribution in [1.29, 1.82) is 0 Å². The van der Waals surface area contributed by atoms with Gasteiger partial charge >= 0.3 is 0 Å². The van der Waals surface area contributed by atoms with Gasteiger partial charge in [-0.05, 0) is 29.8 Å². The Bertz CT molecular complexity index is 607. The Morgan fingerprint density at radius 3 is 2.57 bits per heavy atom. The summed E-state index contributed by atoms with van der Waals surface area (Å²) in [5, 5.41) is 30.1. The molecule has 0 amide bonds. The van der Waals surface area contributed by atoms with Crippen molar-refractivity contribution in [1.82, 2.24) is 0 Å². The van der Waals surface area contributed by atoms with Crippen LogP contribution in [0.3, 0.4) is 0 Å². The van der Waals surface area contributed by atoms with E-state index in [4.69, 9.17) is 4.42 Å². The molecule has 0 fully saturated rings. The van der Waals surface area contributed by atoms with Crippen LogP contribution in [0.25, 0.3) is 0 Å². The van der Waals surface area contributed by atoms with Crippen LogP contribution in [0, 0.1) is 10.1 Å². The van der Waals surface area contributed by atoms with Crippen molar-refractivity contribution in [3.05, 3.63) is 64.1 Å². The van der Waals surface area contributed by atoms with Gasteiger partial charge in [0, 0.05) is 12.1 Å². The van der Waals surface area contributed by atoms with E-state index in [1.54, 1.807) is 12.1 Å². The molecule has 2 aromatic rings. The van der Waals surface area contributed by atoms with E-state index in [1.807, 2.05) is 0 Å².